The molecule has 0 aliphatic carbocycles. The molecule has 116 valence electrons. The Morgan fingerprint density at radius 1 is 0.480 bits per heavy atom. The SMILES string of the molecule is c1ccc2cc3c(cc2c1)[nH]c1c2ccccc2c2ccccc2c31. The number of benzene rings is 5. The van der Waals surface area contributed by atoms with Crippen molar-refractivity contribution in [2.45, 2.75) is 0 Å². The molecule has 1 aromatic heterocycles. The van der Waals surface area contributed by atoms with Crippen LogP contribution in [0.2, 0.25) is 0 Å². The second-order valence-electron chi connectivity index (χ2n) is 6.71. The van der Waals surface area contributed by atoms with Crippen LogP contribution in [0.3, 0.4) is 0 Å². The van der Waals surface area contributed by atoms with Gasteiger partial charge in [0.1, 0.15) is 0 Å². The van der Waals surface area contributed by atoms with Crippen molar-refractivity contribution in [1.82, 2.24) is 4.98 Å². The summed E-state index contributed by atoms with van der Waals surface area (Å²) in [4.78, 5) is 3.71. The van der Waals surface area contributed by atoms with Crippen molar-refractivity contribution in [3.8, 4) is 0 Å². The molecule has 5 aromatic carbocycles. The quantitative estimate of drug-likeness (QED) is 0.297. The maximum absolute atomic E-state index is 3.71. The van der Waals surface area contributed by atoms with E-state index in [0.717, 1.165) is 0 Å². The third kappa shape index (κ3) is 1.67. The molecule has 6 aromatic rings. The molecule has 0 aliphatic heterocycles. The van der Waals surface area contributed by atoms with Gasteiger partial charge in [-0.15, -0.1) is 0 Å². The highest BCUT2D eigenvalue weighted by Crippen LogP contribution is 2.39. The van der Waals surface area contributed by atoms with Gasteiger partial charge in [0.2, 0.25) is 0 Å². The third-order valence-corrected chi connectivity index (χ3v) is 5.35. The van der Waals surface area contributed by atoms with E-state index < -0.39 is 0 Å². The van der Waals surface area contributed by atoms with Gasteiger partial charge in [-0.2, -0.15) is 0 Å². The van der Waals surface area contributed by atoms with E-state index in [0.29, 0.717) is 0 Å². The Balaban J connectivity index is 1.98. The van der Waals surface area contributed by atoms with E-state index in [9.17, 15) is 0 Å². The van der Waals surface area contributed by atoms with Gasteiger partial charge in [0.15, 0.2) is 0 Å². The lowest BCUT2D eigenvalue weighted by Crippen LogP contribution is -1.80. The zero-order valence-corrected chi connectivity index (χ0v) is 13.6. The van der Waals surface area contributed by atoms with Gasteiger partial charge in [0.25, 0.3) is 0 Å². The summed E-state index contributed by atoms with van der Waals surface area (Å²) in [5.74, 6) is 0. The molecular weight excluding hydrogens is 302 g/mol. The molecule has 1 N–H and O–H groups in total. The average Bonchev–Trinajstić information content (AvgIpc) is 3.05. The van der Waals surface area contributed by atoms with Crippen LogP contribution < -0.4 is 0 Å². The van der Waals surface area contributed by atoms with Gasteiger partial charge in [-0.05, 0) is 39.1 Å². The number of rotatable bonds is 0. The predicted molar refractivity (Wildman–Crippen MR) is 108 cm³/mol. The lowest BCUT2D eigenvalue weighted by Gasteiger charge is -2.07. The summed E-state index contributed by atoms with van der Waals surface area (Å²) in [6, 6.07) is 30.6. The van der Waals surface area contributed by atoms with Crippen LogP contribution in [0, 0.1) is 0 Å². The van der Waals surface area contributed by atoms with Crippen LogP contribution in [0.5, 0.6) is 0 Å². The maximum Gasteiger partial charge on any atom is 0.0551 e. The Bertz CT molecular complexity index is 1440. The molecule has 6 rings (SSSR count). The Morgan fingerprint density at radius 3 is 1.80 bits per heavy atom. The van der Waals surface area contributed by atoms with Crippen LogP contribution in [0.25, 0.3) is 54.1 Å². The second kappa shape index (κ2) is 4.61. The first-order chi connectivity index (χ1) is 12.4. The van der Waals surface area contributed by atoms with Crippen LogP contribution in [-0.2, 0) is 0 Å². The largest absolute Gasteiger partial charge is 0.354 e. The molecule has 0 unspecified atom stereocenters. The molecule has 0 amide bonds. The highest BCUT2D eigenvalue weighted by Gasteiger charge is 2.13. The first-order valence-electron chi connectivity index (χ1n) is 8.64. The minimum Gasteiger partial charge on any atom is -0.354 e. The first kappa shape index (κ1) is 13.0. The summed E-state index contributed by atoms with van der Waals surface area (Å²) in [6.07, 6.45) is 0. The second-order valence-corrected chi connectivity index (χ2v) is 6.71. The normalized spacial score (nSPS) is 12.0. The highest BCUT2D eigenvalue weighted by molar-refractivity contribution is 6.32. The number of aromatic amines is 1. The van der Waals surface area contributed by atoms with Gasteiger partial charge in [-0.3, -0.25) is 0 Å². The molecule has 0 atom stereocenters. The maximum atomic E-state index is 3.71. The molecule has 1 nitrogen and oxygen atoms in total. The van der Waals surface area contributed by atoms with E-state index in [1.165, 1.54) is 54.1 Å². The van der Waals surface area contributed by atoms with Crippen LogP contribution in [0.4, 0.5) is 0 Å². The fraction of sp³-hybridized carbons (Fsp3) is 0. The van der Waals surface area contributed by atoms with Crippen LogP contribution in [-0.4, -0.2) is 4.98 Å². The first-order valence-corrected chi connectivity index (χ1v) is 8.64. The zero-order valence-electron chi connectivity index (χ0n) is 13.6. The smallest absolute Gasteiger partial charge is 0.0551 e. The number of fused-ring (bicyclic) bond motifs is 9. The van der Waals surface area contributed by atoms with E-state index in [1.54, 1.807) is 0 Å². The van der Waals surface area contributed by atoms with Crippen molar-refractivity contribution >= 4 is 54.1 Å². The summed E-state index contributed by atoms with van der Waals surface area (Å²) in [6.45, 7) is 0. The number of nitrogens with one attached hydrogen (secondary N) is 1. The minimum absolute atomic E-state index is 1.20. The summed E-state index contributed by atoms with van der Waals surface area (Å²) in [5.41, 5.74) is 2.44. The van der Waals surface area contributed by atoms with E-state index in [-0.39, 0.29) is 0 Å². The third-order valence-electron chi connectivity index (χ3n) is 5.35. The highest BCUT2D eigenvalue weighted by atomic mass is 14.7. The Hall–Kier alpha value is -3.32. The lowest BCUT2D eigenvalue weighted by molar-refractivity contribution is 1.57. The molecule has 0 aliphatic rings. The van der Waals surface area contributed by atoms with Crippen molar-refractivity contribution in [3.05, 3.63) is 84.9 Å². The van der Waals surface area contributed by atoms with E-state index in [2.05, 4.69) is 89.9 Å². The molecule has 0 fully saturated rings. The molecule has 0 radical (unpaired) electrons. The van der Waals surface area contributed by atoms with Gasteiger partial charge in [0, 0.05) is 21.7 Å². The molecule has 25 heavy (non-hydrogen) atoms. The van der Waals surface area contributed by atoms with E-state index in [1.807, 2.05) is 0 Å². The monoisotopic (exact) mass is 317 g/mol. The molecule has 0 saturated carbocycles. The van der Waals surface area contributed by atoms with Crippen molar-refractivity contribution in [3.63, 3.8) is 0 Å². The van der Waals surface area contributed by atoms with Crippen LogP contribution >= 0.6 is 0 Å². The van der Waals surface area contributed by atoms with E-state index in [4.69, 9.17) is 0 Å². The summed E-state index contributed by atoms with van der Waals surface area (Å²) in [7, 11) is 0. The van der Waals surface area contributed by atoms with Crippen LogP contribution in [0.15, 0.2) is 84.9 Å². The topological polar surface area (TPSA) is 15.8 Å². The van der Waals surface area contributed by atoms with Gasteiger partial charge in [0.05, 0.1) is 5.52 Å². The fourth-order valence-electron chi connectivity index (χ4n) is 4.24. The van der Waals surface area contributed by atoms with Gasteiger partial charge < -0.3 is 4.98 Å². The molecule has 0 bridgehead atoms. The number of hydrogen-bond donors (Lipinski definition) is 1. The van der Waals surface area contributed by atoms with E-state index >= 15 is 0 Å². The minimum atomic E-state index is 1.20. The molecule has 1 heterocycles. The Labute approximate surface area is 144 Å². The summed E-state index contributed by atoms with van der Waals surface area (Å²) < 4.78 is 0. The summed E-state index contributed by atoms with van der Waals surface area (Å²) in [5, 5.41) is 10.4. The van der Waals surface area contributed by atoms with Gasteiger partial charge in [-0.1, -0.05) is 72.8 Å². The molecule has 1 heteroatoms. The fourth-order valence-corrected chi connectivity index (χ4v) is 4.24. The van der Waals surface area contributed by atoms with Crippen molar-refractivity contribution in [1.29, 1.82) is 0 Å². The Morgan fingerprint density at radius 2 is 1.04 bits per heavy atom. The van der Waals surface area contributed by atoms with Crippen LogP contribution in [0.1, 0.15) is 0 Å². The number of hydrogen-bond acceptors (Lipinski definition) is 0. The van der Waals surface area contributed by atoms with Crippen molar-refractivity contribution < 1.29 is 0 Å². The average molecular weight is 317 g/mol. The predicted octanol–water partition coefficient (Wildman–Crippen LogP) is 6.78. The van der Waals surface area contributed by atoms with Crippen molar-refractivity contribution in [2.75, 3.05) is 0 Å². The zero-order chi connectivity index (χ0) is 16.4. The Kier molecular flexibility index (Phi) is 2.40. The molecule has 0 saturated heterocycles. The molecule has 0 spiro atoms. The van der Waals surface area contributed by atoms with Crippen molar-refractivity contribution in [2.24, 2.45) is 0 Å². The number of H-pyrrole nitrogens is 1. The number of aromatic nitrogens is 1. The summed E-state index contributed by atoms with van der Waals surface area (Å²) >= 11 is 0. The lowest BCUT2D eigenvalue weighted by atomic mass is 9.96. The van der Waals surface area contributed by atoms with Gasteiger partial charge in [-0.25, -0.2) is 0 Å². The molecular formula is C24H15N. The van der Waals surface area contributed by atoms with Gasteiger partial charge >= 0.3 is 0 Å². The standard InChI is InChI=1S/C24H15N/c1-2-8-16-14-22-21(13-15(16)7-1)23-19-11-5-3-9-17(19)18-10-4-6-12-20(18)24(23)25-22/h1-14,25H.